The number of nitrogens with one attached hydrogen (secondary N) is 3. The summed E-state index contributed by atoms with van der Waals surface area (Å²) in [5.41, 5.74) is 5.31. The molecule has 0 aromatic heterocycles. The number of nitrogens with two attached hydrogens (primary N) is 1. The highest BCUT2D eigenvalue weighted by Gasteiger charge is 2.45. The van der Waals surface area contributed by atoms with E-state index in [0.29, 0.717) is 0 Å². The van der Waals surface area contributed by atoms with Gasteiger partial charge in [0.2, 0.25) is 29.5 Å². The topological polar surface area (TPSA) is 235 Å². The maximum atomic E-state index is 13.2. The zero-order valence-electron chi connectivity index (χ0n) is 22.9. The molecule has 15 nitrogen and oxygen atoms in total. The molecule has 2 rings (SSSR count). The summed E-state index contributed by atoms with van der Waals surface area (Å²) in [6.07, 6.45) is -5.10. The number of carbonyl (C=O) groups is 5. The highest BCUT2D eigenvalue weighted by Crippen LogP contribution is 2.22. The van der Waals surface area contributed by atoms with Gasteiger partial charge in [0, 0.05) is 19.5 Å². The lowest BCUT2D eigenvalue weighted by Crippen LogP contribution is -2.63. The Hall–Kier alpha value is -2.85. The molecule has 2 aliphatic rings. The Balaban J connectivity index is 2.20. The summed E-state index contributed by atoms with van der Waals surface area (Å²) < 4.78 is 0. The lowest BCUT2D eigenvalue weighted by atomic mass is 10.0. The molecular formula is C24H42N6O9. The normalized spacial score (nSPS) is 27.0. The number of likely N-dealkylation sites (N-methyl/N-ethyl adjacent to an activating group) is 1. The van der Waals surface area contributed by atoms with Gasteiger partial charge in [-0.2, -0.15) is 0 Å². The summed E-state index contributed by atoms with van der Waals surface area (Å²) >= 11 is 0. The minimum atomic E-state index is -1.59. The predicted octanol–water partition coefficient (Wildman–Crippen LogP) is -4.63. The number of amides is 5. The molecule has 15 heteroatoms. The Morgan fingerprint density at radius 3 is 1.92 bits per heavy atom. The van der Waals surface area contributed by atoms with Crippen molar-refractivity contribution in [3.8, 4) is 0 Å². The Morgan fingerprint density at radius 2 is 1.44 bits per heavy atom. The van der Waals surface area contributed by atoms with Crippen molar-refractivity contribution in [2.24, 2.45) is 11.7 Å². The first-order valence-electron chi connectivity index (χ1n) is 13.0. The van der Waals surface area contributed by atoms with Crippen molar-refractivity contribution in [2.75, 3.05) is 20.1 Å². The minimum absolute atomic E-state index is 0.0406. The average Bonchev–Trinajstić information content (AvgIpc) is 3.42. The molecule has 5 amide bonds. The van der Waals surface area contributed by atoms with Gasteiger partial charge in [-0.15, -0.1) is 0 Å². The van der Waals surface area contributed by atoms with Crippen molar-refractivity contribution >= 4 is 29.5 Å². The Bertz CT molecular complexity index is 930. The molecule has 9 unspecified atom stereocenters. The van der Waals surface area contributed by atoms with Crippen LogP contribution in [0.3, 0.4) is 0 Å². The standard InChI is InChI=1S/C24H42N6O9/c1-10(2)16(26-5)23(38)30-9-13(33)8-14(30)21(36)27-17(11(3)31)22(37)28-18(12(4)32)24(39)29-7-6-15(34)19(29)20(25)35/h10-19,26,31-34H,6-9H2,1-5H3,(H2,25,35)(H,27,36)(H,28,37). The molecule has 0 aromatic carbocycles. The maximum absolute atomic E-state index is 13.2. The molecule has 0 aliphatic carbocycles. The number of nitrogens with zero attached hydrogens (tertiary/aromatic N) is 2. The van der Waals surface area contributed by atoms with Gasteiger partial charge >= 0.3 is 0 Å². The fourth-order valence-corrected chi connectivity index (χ4v) is 5.06. The van der Waals surface area contributed by atoms with Gasteiger partial charge in [0.15, 0.2) is 0 Å². The maximum Gasteiger partial charge on any atom is 0.248 e. The summed E-state index contributed by atoms with van der Waals surface area (Å²) in [6, 6.07) is -6.26. The highest BCUT2D eigenvalue weighted by atomic mass is 16.3. The molecule has 2 aliphatic heterocycles. The van der Waals surface area contributed by atoms with E-state index in [4.69, 9.17) is 5.73 Å². The molecule has 0 radical (unpaired) electrons. The average molecular weight is 559 g/mol. The van der Waals surface area contributed by atoms with Gasteiger partial charge in [-0.1, -0.05) is 13.8 Å². The highest BCUT2D eigenvalue weighted by molar-refractivity contribution is 5.96. The van der Waals surface area contributed by atoms with Gasteiger partial charge in [0.05, 0.1) is 30.5 Å². The quantitative estimate of drug-likeness (QED) is 0.121. The van der Waals surface area contributed by atoms with Crippen LogP contribution in [-0.4, -0.2) is 135 Å². The number of aliphatic hydroxyl groups excluding tert-OH is 4. The number of likely N-dealkylation sites (tertiary alicyclic amines) is 2. The minimum Gasteiger partial charge on any atom is -0.391 e. The predicted molar refractivity (Wildman–Crippen MR) is 136 cm³/mol. The first-order chi connectivity index (χ1) is 18.1. The lowest BCUT2D eigenvalue weighted by molar-refractivity contribution is -0.146. The van der Waals surface area contributed by atoms with E-state index in [1.54, 1.807) is 7.05 Å². The van der Waals surface area contributed by atoms with E-state index in [1.165, 1.54) is 18.7 Å². The van der Waals surface area contributed by atoms with Crippen molar-refractivity contribution < 1.29 is 44.4 Å². The van der Waals surface area contributed by atoms with Gasteiger partial charge in [-0.25, -0.2) is 0 Å². The summed E-state index contributed by atoms with van der Waals surface area (Å²) in [5, 5.41) is 48.3. The number of carbonyl (C=O) groups excluding carboxylic acids is 5. The van der Waals surface area contributed by atoms with Crippen LogP contribution in [0.2, 0.25) is 0 Å². The van der Waals surface area contributed by atoms with Crippen LogP contribution in [0.5, 0.6) is 0 Å². The van der Waals surface area contributed by atoms with Crippen molar-refractivity contribution in [2.45, 2.75) is 95.2 Å². The van der Waals surface area contributed by atoms with E-state index in [1.807, 2.05) is 13.8 Å². The summed E-state index contributed by atoms with van der Waals surface area (Å²) in [6.45, 7) is 5.97. The Labute approximate surface area is 227 Å². The van der Waals surface area contributed by atoms with Crippen LogP contribution in [0.4, 0.5) is 0 Å². The van der Waals surface area contributed by atoms with E-state index in [0.717, 1.165) is 4.90 Å². The van der Waals surface area contributed by atoms with Gasteiger partial charge < -0.3 is 51.9 Å². The zero-order valence-corrected chi connectivity index (χ0v) is 22.9. The smallest absolute Gasteiger partial charge is 0.248 e. The third-order valence-corrected chi connectivity index (χ3v) is 7.16. The summed E-state index contributed by atoms with van der Waals surface area (Å²) in [4.78, 5) is 66.5. The van der Waals surface area contributed by atoms with Crippen LogP contribution in [0.1, 0.15) is 40.5 Å². The van der Waals surface area contributed by atoms with Crippen LogP contribution in [0.25, 0.3) is 0 Å². The van der Waals surface area contributed by atoms with Gasteiger partial charge in [-0.05, 0) is 33.2 Å². The van der Waals surface area contributed by atoms with Crippen LogP contribution in [-0.2, 0) is 24.0 Å². The second-order valence-corrected chi connectivity index (χ2v) is 10.6. The number of β-amino-alcohol motifs (C(OH)–C–C–N with tert-alkyl or cyclic N) is 1. The molecule has 222 valence electrons. The number of primary amides is 1. The van der Waals surface area contributed by atoms with E-state index in [-0.39, 0.29) is 31.8 Å². The molecule has 0 spiro atoms. The van der Waals surface area contributed by atoms with Crippen molar-refractivity contribution in [3.63, 3.8) is 0 Å². The molecule has 2 fully saturated rings. The van der Waals surface area contributed by atoms with Gasteiger partial charge in [0.25, 0.3) is 0 Å². The Kier molecular flexibility index (Phi) is 11.2. The molecule has 39 heavy (non-hydrogen) atoms. The van der Waals surface area contributed by atoms with Gasteiger partial charge in [-0.3, -0.25) is 24.0 Å². The first kappa shape index (κ1) is 32.4. The fraction of sp³-hybridized carbons (Fsp3) is 0.792. The SMILES string of the molecule is CNC(C(=O)N1CC(O)CC1C(=O)NC(C(=O)NC(C(=O)N1CCC(O)C1C(N)=O)C(C)O)C(C)O)C(C)C. The second-order valence-electron chi connectivity index (χ2n) is 10.6. The van der Waals surface area contributed by atoms with Gasteiger partial charge in [0.1, 0.15) is 24.2 Å². The van der Waals surface area contributed by atoms with E-state index < -0.39 is 84.2 Å². The number of hydrogen-bond acceptors (Lipinski definition) is 10. The monoisotopic (exact) mass is 558 g/mol. The molecule has 0 aromatic rings. The second kappa shape index (κ2) is 13.5. The number of rotatable bonds is 11. The van der Waals surface area contributed by atoms with E-state index in [9.17, 15) is 44.4 Å². The van der Waals surface area contributed by atoms with Crippen molar-refractivity contribution in [1.82, 2.24) is 25.8 Å². The molecular weight excluding hydrogens is 516 g/mol. The molecule has 2 heterocycles. The zero-order chi connectivity index (χ0) is 29.8. The van der Waals surface area contributed by atoms with Crippen LogP contribution in [0.15, 0.2) is 0 Å². The van der Waals surface area contributed by atoms with E-state index >= 15 is 0 Å². The molecule has 2 saturated heterocycles. The number of aliphatic hydroxyl groups is 4. The number of hydrogen-bond donors (Lipinski definition) is 8. The molecule has 0 saturated carbocycles. The third kappa shape index (κ3) is 7.42. The summed E-state index contributed by atoms with van der Waals surface area (Å²) in [5.74, 6) is -4.15. The lowest BCUT2D eigenvalue weighted by Gasteiger charge is -2.32. The molecule has 0 bridgehead atoms. The van der Waals surface area contributed by atoms with Crippen LogP contribution < -0.4 is 21.7 Å². The molecule has 9 N–H and O–H groups in total. The van der Waals surface area contributed by atoms with Crippen molar-refractivity contribution in [3.05, 3.63) is 0 Å². The van der Waals surface area contributed by atoms with Crippen LogP contribution >= 0.6 is 0 Å². The Morgan fingerprint density at radius 1 is 0.872 bits per heavy atom. The molecule has 9 atom stereocenters. The van der Waals surface area contributed by atoms with Crippen LogP contribution in [0, 0.1) is 5.92 Å². The summed E-state index contributed by atoms with van der Waals surface area (Å²) in [7, 11) is 1.60. The largest absolute Gasteiger partial charge is 0.391 e. The van der Waals surface area contributed by atoms with Crippen molar-refractivity contribution in [1.29, 1.82) is 0 Å². The third-order valence-electron chi connectivity index (χ3n) is 7.16. The van der Waals surface area contributed by atoms with E-state index in [2.05, 4.69) is 16.0 Å². The fourth-order valence-electron chi connectivity index (χ4n) is 5.06. The first-order valence-corrected chi connectivity index (χ1v) is 13.0.